The van der Waals surface area contributed by atoms with Crippen molar-refractivity contribution in [3.05, 3.63) is 53.6 Å². The van der Waals surface area contributed by atoms with Gasteiger partial charge < -0.3 is 15.0 Å². The molecule has 0 radical (unpaired) electrons. The monoisotopic (exact) mass is 328 g/mol. The first-order valence-corrected chi connectivity index (χ1v) is 8.66. The van der Waals surface area contributed by atoms with Crippen molar-refractivity contribution >= 4 is 17.3 Å². The van der Waals surface area contributed by atoms with Crippen LogP contribution >= 0.6 is 11.6 Å². The van der Waals surface area contributed by atoms with Gasteiger partial charge in [0.25, 0.3) is 0 Å². The average molecular weight is 329 g/mol. The lowest BCUT2D eigenvalue weighted by atomic mass is 9.84. The third kappa shape index (κ3) is 3.46. The minimum atomic E-state index is 0.584. The smallest absolute Gasteiger partial charge is 0.127 e. The van der Waals surface area contributed by atoms with Crippen molar-refractivity contribution < 1.29 is 4.74 Å². The summed E-state index contributed by atoms with van der Waals surface area (Å²) < 4.78 is 5.83. The molecule has 2 aromatic carbocycles. The molecule has 3 nitrogen and oxygen atoms in total. The highest BCUT2D eigenvalue weighted by Gasteiger charge is 2.33. The third-order valence-corrected chi connectivity index (χ3v) is 5.16. The molecule has 23 heavy (non-hydrogen) atoms. The van der Waals surface area contributed by atoms with Crippen LogP contribution in [0, 0.1) is 5.92 Å². The van der Waals surface area contributed by atoms with Gasteiger partial charge >= 0.3 is 0 Å². The summed E-state index contributed by atoms with van der Waals surface area (Å²) in [6, 6.07) is 16.2. The highest BCUT2D eigenvalue weighted by Crippen LogP contribution is 2.30. The average Bonchev–Trinajstić information content (AvgIpc) is 2.60. The third-order valence-electron chi connectivity index (χ3n) is 4.91. The predicted octanol–water partition coefficient (Wildman–Crippen LogP) is 4.64. The van der Waals surface area contributed by atoms with E-state index in [4.69, 9.17) is 16.3 Å². The molecule has 120 valence electrons. The maximum Gasteiger partial charge on any atom is 0.127 e. The summed E-state index contributed by atoms with van der Waals surface area (Å²) in [5.74, 6) is 2.46. The number of halogens is 1. The summed E-state index contributed by atoms with van der Waals surface area (Å²) in [4.78, 5) is 2.57. The molecule has 0 aromatic heterocycles. The van der Waals surface area contributed by atoms with E-state index in [-0.39, 0.29) is 0 Å². The first-order chi connectivity index (χ1) is 11.3. The number of rotatable bonds is 4. The molecular weight excluding hydrogens is 308 g/mol. The summed E-state index contributed by atoms with van der Waals surface area (Å²) in [6.45, 7) is 3.72. The fourth-order valence-electron chi connectivity index (χ4n) is 3.60. The number of benzene rings is 2. The van der Waals surface area contributed by atoms with Crippen LogP contribution in [0.3, 0.4) is 0 Å². The molecule has 1 N–H and O–H groups in total. The Morgan fingerprint density at radius 3 is 2.09 bits per heavy atom. The number of ether oxygens (including phenoxy) is 1. The molecule has 1 unspecified atom stereocenters. The van der Waals surface area contributed by atoms with Gasteiger partial charge in [-0.25, -0.2) is 0 Å². The molecular formula is C19H21ClN2O. The Kier molecular flexibility index (Phi) is 4.15. The Balaban J connectivity index is 1.39. The predicted molar refractivity (Wildman–Crippen MR) is 94.5 cm³/mol. The molecule has 4 heteroatoms. The molecule has 3 aliphatic heterocycles. The Hall–Kier alpha value is -1.71. The zero-order chi connectivity index (χ0) is 15.6. The molecule has 3 fully saturated rings. The van der Waals surface area contributed by atoms with Gasteiger partial charge in [0, 0.05) is 23.3 Å². The van der Waals surface area contributed by atoms with Crippen LogP contribution in [-0.4, -0.2) is 30.6 Å². The fraction of sp³-hybridized carbons (Fsp3) is 0.368. The molecule has 1 atom stereocenters. The van der Waals surface area contributed by atoms with Gasteiger partial charge in [-0.1, -0.05) is 11.6 Å². The summed E-state index contributed by atoms with van der Waals surface area (Å²) in [6.07, 6.45) is 2.66. The van der Waals surface area contributed by atoms with Crippen LogP contribution in [0.5, 0.6) is 11.5 Å². The van der Waals surface area contributed by atoms with Crippen molar-refractivity contribution in [3.8, 4) is 11.5 Å². The van der Waals surface area contributed by atoms with E-state index in [1.165, 1.54) is 38.2 Å². The lowest BCUT2D eigenvalue weighted by Crippen LogP contribution is -2.53. The van der Waals surface area contributed by atoms with E-state index in [1.54, 1.807) is 0 Å². The van der Waals surface area contributed by atoms with Gasteiger partial charge in [0.1, 0.15) is 11.5 Å². The summed E-state index contributed by atoms with van der Waals surface area (Å²) in [5.41, 5.74) is 1.17. The van der Waals surface area contributed by atoms with E-state index in [0.29, 0.717) is 6.04 Å². The van der Waals surface area contributed by atoms with E-state index in [0.717, 1.165) is 22.4 Å². The van der Waals surface area contributed by atoms with E-state index in [9.17, 15) is 0 Å². The standard InChI is InChI=1S/C19H21ClN2O/c20-15-1-5-17(6-2-15)23-18-7-3-16(4-8-18)21-19-13-22-11-9-14(19)10-12-22/h1-8,14,19,21H,9-13H2. The van der Waals surface area contributed by atoms with E-state index in [2.05, 4.69) is 22.3 Å². The van der Waals surface area contributed by atoms with Gasteiger partial charge in [0.2, 0.25) is 0 Å². The zero-order valence-corrected chi connectivity index (χ0v) is 13.8. The van der Waals surface area contributed by atoms with Crippen molar-refractivity contribution in [2.75, 3.05) is 25.0 Å². The largest absolute Gasteiger partial charge is 0.457 e. The Labute approximate surface area is 142 Å². The topological polar surface area (TPSA) is 24.5 Å². The molecule has 2 bridgehead atoms. The molecule has 0 spiro atoms. The first kappa shape index (κ1) is 14.9. The van der Waals surface area contributed by atoms with Crippen LogP contribution in [0.15, 0.2) is 48.5 Å². The fourth-order valence-corrected chi connectivity index (χ4v) is 3.73. The van der Waals surface area contributed by atoms with Crippen molar-refractivity contribution in [1.82, 2.24) is 4.90 Å². The lowest BCUT2D eigenvalue weighted by molar-refractivity contribution is 0.0975. The Morgan fingerprint density at radius 1 is 0.913 bits per heavy atom. The van der Waals surface area contributed by atoms with Crippen LogP contribution in [0.4, 0.5) is 5.69 Å². The van der Waals surface area contributed by atoms with Crippen LogP contribution in [-0.2, 0) is 0 Å². The van der Waals surface area contributed by atoms with Gasteiger partial charge in [-0.2, -0.15) is 0 Å². The van der Waals surface area contributed by atoms with E-state index < -0.39 is 0 Å². The van der Waals surface area contributed by atoms with Crippen molar-refractivity contribution in [2.45, 2.75) is 18.9 Å². The minimum Gasteiger partial charge on any atom is -0.457 e. The number of fused-ring (bicyclic) bond motifs is 3. The molecule has 0 aliphatic carbocycles. The van der Waals surface area contributed by atoms with Crippen LogP contribution in [0.2, 0.25) is 5.02 Å². The van der Waals surface area contributed by atoms with Crippen LogP contribution in [0.25, 0.3) is 0 Å². The normalized spacial score (nSPS) is 26.0. The zero-order valence-electron chi connectivity index (χ0n) is 13.0. The van der Waals surface area contributed by atoms with E-state index >= 15 is 0 Å². The molecule has 3 heterocycles. The summed E-state index contributed by atoms with van der Waals surface area (Å²) >= 11 is 5.89. The van der Waals surface area contributed by atoms with Gasteiger partial charge in [0.15, 0.2) is 0 Å². The Bertz CT molecular complexity index is 648. The molecule has 3 aliphatic rings. The summed E-state index contributed by atoms with van der Waals surface area (Å²) in [7, 11) is 0. The molecule has 3 saturated heterocycles. The Morgan fingerprint density at radius 2 is 1.52 bits per heavy atom. The first-order valence-electron chi connectivity index (χ1n) is 8.29. The summed E-state index contributed by atoms with van der Waals surface area (Å²) in [5, 5.41) is 4.41. The van der Waals surface area contributed by atoms with Crippen molar-refractivity contribution in [3.63, 3.8) is 0 Å². The van der Waals surface area contributed by atoms with Gasteiger partial charge in [-0.3, -0.25) is 0 Å². The van der Waals surface area contributed by atoms with Crippen LogP contribution in [0.1, 0.15) is 12.8 Å². The SMILES string of the molecule is Clc1ccc(Oc2ccc(NC3CN4CCC3CC4)cc2)cc1. The quantitative estimate of drug-likeness (QED) is 0.885. The highest BCUT2D eigenvalue weighted by atomic mass is 35.5. The van der Waals surface area contributed by atoms with Gasteiger partial charge in [0.05, 0.1) is 0 Å². The lowest BCUT2D eigenvalue weighted by Gasteiger charge is -2.45. The van der Waals surface area contributed by atoms with Crippen LogP contribution < -0.4 is 10.1 Å². The molecule has 5 rings (SSSR count). The second kappa shape index (κ2) is 6.42. The number of anilines is 1. The number of hydrogen-bond donors (Lipinski definition) is 1. The number of piperidine rings is 3. The van der Waals surface area contributed by atoms with Gasteiger partial charge in [-0.05, 0) is 80.4 Å². The second-order valence-electron chi connectivity index (χ2n) is 6.47. The highest BCUT2D eigenvalue weighted by molar-refractivity contribution is 6.30. The number of nitrogens with one attached hydrogen (secondary N) is 1. The molecule has 0 amide bonds. The van der Waals surface area contributed by atoms with Gasteiger partial charge in [-0.15, -0.1) is 0 Å². The van der Waals surface area contributed by atoms with E-state index in [1.807, 2.05) is 36.4 Å². The maximum absolute atomic E-state index is 5.89. The molecule has 2 aromatic rings. The number of nitrogens with zero attached hydrogens (tertiary/aromatic N) is 1. The second-order valence-corrected chi connectivity index (χ2v) is 6.91. The maximum atomic E-state index is 5.89. The minimum absolute atomic E-state index is 0.584. The number of hydrogen-bond acceptors (Lipinski definition) is 3. The van der Waals surface area contributed by atoms with Crippen molar-refractivity contribution in [2.24, 2.45) is 5.92 Å². The van der Waals surface area contributed by atoms with Crippen molar-refractivity contribution in [1.29, 1.82) is 0 Å². The molecule has 0 saturated carbocycles.